The summed E-state index contributed by atoms with van der Waals surface area (Å²) in [7, 11) is -3.28. The molecule has 2 rings (SSSR count). The maximum atomic E-state index is 11.8. The van der Waals surface area contributed by atoms with Gasteiger partial charge in [0.15, 0.2) is 0 Å². The smallest absolute Gasteiger partial charge is 0.232 e. The molecule has 1 aliphatic rings. The van der Waals surface area contributed by atoms with Gasteiger partial charge in [0.25, 0.3) is 0 Å². The number of amides is 1. The molecule has 0 atom stereocenters. The van der Waals surface area contributed by atoms with Crippen LogP contribution in [0, 0.1) is 0 Å². The number of nitrogens with one attached hydrogen (secondary N) is 1. The summed E-state index contributed by atoms with van der Waals surface area (Å²) >= 11 is 0. The molecule has 5 nitrogen and oxygen atoms in total. The molecule has 1 saturated carbocycles. The van der Waals surface area contributed by atoms with Crippen LogP contribution in [0.3, 0.4) is 0 Å². The molecule has 0 spiro atoms. The fourth-order valence-electron chi connectivity index (χ4n) is 2.24. The Hall–Kier alpha value is -1.56. The zero-order valence-electron chi connectivity index (χ0n) is 12.5. The maximum absolute atomic E-state index is 11.8. The van der Waals surface area contributed by atoms with Crippen molar-refractivity contribution < 1.29 is 13.2 Å². The first-order valence-electron chi connectivity index (χ1n) is 7.33. The summed E-state index contributed by atoms with van der Waals surface area (Å²) in [4.78, 5) is 13.4. The van der Waals surface area contributed by atoms with E-state index in [0.29, 0.717) is 18.2 Å². The van der Waals surface area contributed by atoms with Crippen LogP contribution in [0.1, 0.15) is 39.5 Å². The van der Waals surface area contributed by atoms with E-state index in [1.807, 2.05) is 6.92 Å². The maximum Gasteiger partial charge on any atom is 0.232 e. The third-order valence-corrected chi connectivity index (χ3v) is 4.81. The minimum Gasteiger partial charge on any atom is -0.310 e. The van der Waals surface area contributed by atoms with Crippen molar-refractivity contribution in [3.05, 3.63) is 24.3 Å². The van der Waals surface area contributed by atoms with Crippen LogP contribution >= 0.6 is 0 Å². The Bertz CT molecular complexity index is 592. The third kappa shape index (κ3) is 4.46. The second kappa shape index (κ2) is 6.47. The van der Waals surface area contributed by atoms with Crippen molar-refractivity contribution in [2.75, 3.05) is 15.4 Å². The number of benzene rings is 1. The number of anilines is 2. The van der Waals surface area contributed by atoms with Crippen LogP contribution in [-0.2, 0) is 14.8 Å². The zero-order chi connectivity index (χ0) is 15.5. The van der Waals surface area contributed by atoms with Crippen LogP contribution in [0.15, 0.2) is 24.3 Å². The standard InChI is InChI=1S/C15H22N2O3S/c1-3-4-11-21(19,20)16-13-5-7-14(8-6-13)17(12(2)18)15-9-10-15/h5-8,15-16H,3-4,9-11H2,1-2H3. The van der Waals surface area contributed by atoms with E-state index in [9.17, 15) is 13.2 Å². The number of rotatable bonds is 7. The second-order valence-corrected chi connectivity index (χ2v) is 7.28. The van der Waals surface area contributed by atoms with Crippen molar-refractivity contribution in [3.63, 3.8) is 0 Å². The largest absolute Gasteiger partial charge is 0.310 e. The molecule has 0 bridgehead atoms. The number of unbranched alkanes of at least 4 members (excludes halogenated alkanes) is 1. The normalized spacial score (nSPS) is 14.8. The van der Waals surface area contributed by atoms with E-state index >= 15 is 0 Å². The minimum atomic E-state index is -3.28. The Morgan fingerprint density at radius 1 is 1.29 bits per heavy atom. The first-order valence-corrected chi connectivity index (χ1v) is 8.98. The molecule has 21 heavy (non-hydrogen) atoms. The molecule has 0 heterocycles. The molecule has 1 aromatic carbocycles. The van der Waals surface area contributed by atoms with E-state index < -0.39 is 10.0 Å². The summed E-state index contributed by atoms with van der Waals surface area (Å²) in [6.07, 6.45) is 3.55. The van der Waals surface area contributed by atoms with Gasteiger partial charge in [0.1, 0.15) is 0 Å². The van der Waals surface area contributed by atoms with E-state index in [4.69, 9.17) is 0 Å². The summed E-state index contributed by atoms with van der Waals surface area (Å²) < 4.78 is 26.2. The van der Waals surface area contributed by atoms with Crippen LogP contribution in [0.5, 0.6) is 0 Å². The molecule has 1 N–H and O–H groups in total. The first kappa shape index (κ1) is 15.8. The van der Waals surface area contributed by atoms with Gasteiger partial charge in [0.2, 0.25) is 15.9 Å². The molecule has 1 aromatic rings. The Morgan fingerprint density at radius 2 is 1.90 bits per heavy atom. The van der Waals surface area contributed by atoms with Gasteiger partial charge in [-0.1, -0.05) is 13.3 Å². The number of hydrogen-bond acceptors (Lipinski definition) is 3. The number of carbonyl (C=O) groups is 1. The summed E-state index contributed by atoms with van der Waals surface area (Å²) in [5.41, 5.74) is 1.36. The molecule has 1 amide bonds. The molecule has 0 aliphatic heterocycles. The average molecular weight is 310 g/mol. The van der Waals surface area contributed by atoms with Gasteiger partial charge >= 0.3 is 0 Å². The summed E-state index contributed by atoms with van der Waals surface area (Å²) in [6, 6.07) is 7.29. The number of hydrogen-bond donors (Lipinski definition) is 1. The minimum absolute atomic E-state index is 0.0220. The third-order valence-electron chi connectivity index (χ3n) is 3.44. The lowest BCUT2D eigenvalue weighted by atomic mass is 10.2. The highest BCUT2D eigenvalue weighted by molar-refractivity contribution is 7.92. The molecule has 0 aromatic heterocycles. The highest BCUT2D eigenvalue weighted by atomic mass is 32.2. The Kier molecular flexibility index (Phi) is 4.88. The van der Waals surface area contributed by atoms with Crippen LogP contribution in [-0.4, -0.2) is 26.1 Å². The SMILES string of the molecule is CCCCS(=O)(=O)Nc1ccc(N(C(C)=O)C2CC2)cc1. The monoisotopic (exact) mass is 310 g/mol. The summed E-state index contributed by atoms with van der Waals surface area (Å²) in [5.74, 6) is 0.154. The van der Waals surface area contributed by atoms with Gasteiger partial charge < -0.3 is 4.90 Å². The number of nitrogens with zero attached hydrogens (tertiary/aromatic N) is 1. The quantitative estimate of drug-likeness (QED) is 0.842. The predicted molar refractivity (Wildman–Crippen MR) is 84.9 cm³/mol. The topological polar surface area (TPSA) is 66.5 Å². The van der Waals surface area contributed by atoms with E-state index in [1.165, 1.54) is 0 Å². The van der Waals surface area contributed by atoms with Crippen molar-refractivity contribution in [3.8, 4) is 0 Å². The van der Waals surface area contributed by atoms with Gasteiger partial charge in [-0.3, -0.25) is 9.52 Å². The van der Waals surface area contributed by atoms with E-state index in [2.05, 4.69) is 4.72 Å². The van der Waals surface area contributed by atoms with E-state index in [-0.39, 0.29) is 11.7 Å². The molecule has 6 heteroatoms. The lowest BCUT2D eigenvalue weighted by Gasteiger charge is -2.21. The fourth-order valence-corrected chi connectivity index (χ4v) is 3.50. The van der Waals surface area contributed by atoms with Gasteiger partial charge in [-0.05, 0) is 43.5 Å². The van der Waals surface area contributed by atoms with Gasteiger partial charge in [0, 0.05) is 24.3 Å². The molecule has 0 unspecified atom stereocenters. The summed E-state index contributed by atoms with van der Waals surface area (Å²) in [5, 5.41) is 0. The van der Waals surface area contributed by atoms with Crippen LogP contribution in [0.2, 0.25) is 0 Å². The van der Waals surface area contributed by atoms with Crippen LogP contribution in [0.4, 0.5) is 11.4 Å². The number of carbonyl (C=O) groups excluding carboxylic acids is 1. The average Bonchev–Trinajstić information content (AvgIpc) is 3.23. The van der Waals surface area contributed by atoms with Gasteiger partial charge in [-0.2, -0.15) is 0 Å². The lowest BCUT2D eigenvalue weighted by molar-refractivity contribution is -0.116. The van der Waals surface area contributed by atoms with Crippen molar-refractivity contribution in [2.45, 2.75) is 45.6 Å². The van der Waals surface area contributed by atoms with Crippen LogP contribution in [0.25, 0.3) is 0 Å². The van der Waals surface area contributed by atoms with Crippen molar-refractivity contribution >= 4 is 27.3 Å². The highest BCUT2D eigenvalue weighted by Crippen LogP contribution is 2.32. The molecule has 1 aliphatic carbocycles. The van der Waals surface area contributed by atoms with Crippen LogP contribution < -0.4 is 9.62 Å². The van der Waals surface area contributed by atoms with E-state index in [0.717, 1.165) is 24.9 Å². The summed E-state index contributed by atoms with van der Waals surface area (Å²) in [6.45, 7) is 3.51. The Balaban J connectivity index is 2.06. The van der Waals surface area contributed by atoms with E-state index in [1.54, 1.807) is 36.1 Å². The molecular weight excluding hydrogens is 288 g/mol. The number of sulfonamides is 1. The molecular formula is C15H22N2O3S. The first-order chi connectivity index (χ1) is 9.93. The second-order valence-electron chi connectivity index (χ2n) is 5.44. The molecule has 0 radical (unpaired) electrons. The van der Waals surface area contributed by atoms with Crippen molar-refractivity contribution in [1.29, 1.82) is 0 Å². The predicted octanol–water partition coefficient (Wildman–Crippen LogP) is 2.74. The van der Waals surface area contributed by atoms with Gasteiger partial charge in [-0.25, -0.2) is 8.42 Å². The molecule has 116 valence electrons. The van der Waals surface area contributed by atoms with Crippen molar-refractivity contribution in [2.24, 2.45) is 0 Å². The lowest BCUT2D eigenvalue weighted by Crippen LogP contribution is -2.30. The Morgan fingerprint density at radius 3 is 2.38 bits per heavy atom. The molecule has 1 fully saturated rings. The highest BCUT2D eigenvalue weighted by Gasteiger charge is 2.31. The Labute approximate surface area is 126 Å². The zero-order valence-corrected chi connectivity index (χ0v) is 13.3. The van der Waals surface area contributed by atoms with Gasteiger partial charge in [0.05, 0.1) is 5.75 Å². The van der Waals surface area contributed by atoms with Crippen molar-refractivity contribution in [1.82, 2.24) is 0 Å². The molecule has 0 saturated heterocycles. The van der Waals surface area contributed by atoms with Gasteiger partial charge in [-0.15, -0.1) is 0 Å². The fraction of sp³-hybridized carbons (Fsp3) is 0.533.